The Morgan fingerprint density at radius 2 is 1.14 bits per heavy atom. The van der Waals surface area contributed by atoms with Gasteiger partial charge < -0.3 is 13.9 Å². The molecule has 7 heteroatoms. The number of para-hydroxylation sites is 4. The van der Waals surface area contributed by atoms with Crippen molar-refractivity contribution in [2.45, 2.75) is 12.0 Å². The van der Waals surface area contributed by atoms with E-state index in [1.165, 1.54) is 16.5 Å². The second kappa shape index (κ2) is 13.4. The lowest BCUT2D eigenvalue weighted by Crippen LogP contribution is -2.28. The van der Waals surface area contributed by atoms with E-state index in [2.05, 4.69) is 143 Å². The molecule has 3 aromatic heterocycles. The molecule has 2 unspecified atom stereocenters. The minimum absolute atomic E-state index is 0.0210. The first-order valence-corrected chi connectivity index (χ1v) is 19.9. The van der Waals surface area contributed by atoms with Crippen LogP contribution in [-0.2, 0) is 0 Å². The van der Waals surface area contributed by atoms with Gasteiger partial charge >= 0.3 is 0 Å². The topological polar surface area (TPSA) is 72.9 Å². The van der Waals surface area contributed by atoms with Gasteiger partial charge in [0.2, 0.25) is 11.8 Å². The number of fused-ring (bicyclic) bond motifs is 8. The van der Waals surface area contributed by atoms with Crippen molar-refractivity contribution in [2.24, 2.45) is 0 Å². The van der Waals surface area contributed by atoms with Gasteiger partial charge in [-0.3, -0.25) is 0 Å². The molecule has 0 bridgehead atoms. The molecule has 59 heavy (non-hydrogen) atoms. The number of rotatable bonds is 6. The molecule has 0 saturated heterocycles. The minimum Gasteiger partial charge on any atom is -0.436 e. The van der Waals surface area contributed by atoms with Gasteiger partial charge in [-0.1, -0.05) is 152 Å². The highest BCUT2D eigenvalue weighted by molar-refractivity contribution is 5.96. The summed E-state index contributed by atoms with van der Waals surface area (Å²) in [5, 5.41) is 1.17. The zero-order chi connectivity index (χ0) is 38.9. The molecule has 0 fully saturated rings. The van der Waals surface area contributed by atoms with Crippen LogP contribution in [0, 0.1) is 0 Å². The van der Waals surface area contributed by atoms with E-state index >= 15 is 0 Å². The number of anilines is 2. The maximum Gasteiger partial charge on any atom is 0.234 e. The van der Waals surface area contributed by atoms with E-state index in [4.69, 9.17) is 24.4 Å². The Balaban J connectivity index is 1.13. The van der Waals surface area contributed by atoms with Crippen LogP contribution >= 0.6 is 0 Å². The summed E-state index contributed by atoms with van der Waals surface area (Å²) in [5.74, 6) is 2.45. The van der Waals surface area contributed by atoms with E-state index in [9.17, 15) is 0 Å². The molecule has 2 atom stereocenters. The van der Waals surface area contributed by atoms with Gasteiger partial charge in [-0.25, -0.2) is 9.97 Å². The highest BCUT2D eigenvalue weighted by Crippen LogP contribution is 2.57. The molecule has 0 saturated carbocycles. The summed E-state index contributed by atoms with van der Waals surface area (Å²) >= 11 is 0. The maximum absolute atomic E-state index is 6.44. The van der Waals surface area contributed by atoms with Crippen molar-refractivity contribution in [3.8, 4) is 51.0 Å². The molecule has 4 heterocycles. The lowest BCUT2D eigenvalue weighted by atomic mass is 9.86. The Labute approximate surface area is 340 Å². The fourth-order valence-corrected chi connectivity index (χ4v) is 8.99. The monoisotopic (exact) mass is 758 g/mol. The second-order valence-electron chi connectivity index (χ2n) is 15.0. The van der Waals surface area contributed by atoms with Crippen LogP contribution in [0.3, 0.4) is 0 Å². The van der Waals surface area contributed by atoms with E-state index in [1.54, 1.807) is 0 Å². The number of hydrogen-bond acceptors (Lipinski definition) is 6. The lowest BCUT2D eigenvalue weighted by Gasteiger charge is -2.32. The Kier molecular flexibility index (Phi) is 7.53. The summed E-state index contributed by atoms with van der Waals surface area (Å²) in [5.41, 5.74) is 13.3. The largest absolute Gasteiger partial charge is 0.436 e. The van der Waals surface area contributed by atoms with Crippen LogP contribution in [0.1, 0.15) is 28.8 Å². The average Bonchev–Trinajstić information content (AvgIpc) is 4.00. The number of oxazole rings is 1. The predicted molar refractivity (Wildman–Crippen MR) is 236 cm³/mol. The normalized spacial score (nSPS) is 15.4. The number of benzene rings is 7. The van der Waals surface area contributed by atoms with Crippen molar-refractivity contribution in [1.29, 1.82) is 0 Å². The van der Waals surface area contributed by atoms with Crippen molar-refractivity contribution >= 4 is 39.7 Å². The highest BCUT2D eigenvalue weighted by Gasteiger charge is 2.45. The Morgan fingerprint density at radius 1 is 0.508 bits per heavy atom. The Bertz CT molecular complexity index is 3150. The standard InChI is InChI=1S/C52H34N6O/c1-4-16-33(17-5-1)36-30-37(51-53-43-24-12-15-27-46(43)59-51)32-38(31-36)57-44-25-13-10-22-39(44)41-28-29-42-40-23-11-14-26-45(40)58(48(42)47(41)57)52-55-49(34-18-6-2-7-19-34)54-50(56-52)35-20-8-3-9-21-35/h1-32,42,48H. The summed E-state index contributed by atoms with van der Waals surface area (Å²) in [6, 6.07) is 62.7. The van der Waals surface area contributed by atoms with Crippen LogP contribution in [0.5, 0.6) is 0 Å². The third kappa shape index (κ3) is 5.43. The van der Waals surface area contributed by atoms with Crippen molar-refractivity contribution in [3.05, 3.63) is 205 Å². The number of aromatic nitrogens is 5. The smallest absolute Gasteiger partial charge is 0.234 e. The molecule has 278 valence electrons. The summed E-state index contributed by atoms with van der Waals surface area (Å²) in [4.78, 5) is 23.0. The van der Waals surface area contributed by atoms with Crippen molar-refractivity contribution in [3.63, 3.8) is 0 Å². The van der Waals surface area contributed by atoms with E-state index in [-0.39, 0.29) is 12.0 Å². The fourth-order valence-electron chi connectivity index (χ4n) is 8.99. The summed E-state index contributed by atoms with van der Waals surface area (Å²) in [6.45, 7) is 0. The summed E-state index contributed by atoms with van der Waals surface area (Å²) in [6.07, 6.45) is 4.68. The van der Waals surface area contributed by atoms with Gasteiger partial charge in [-0.2, -0.15) is 9.97 Å². The van der Waals surface area contributed by atoms with Gasteiger partial charge in [0.05, 0.1) is 17.3 Å². The van der Waals surface area contributed by atoms with Crippen LogP contribution in [0.2, 0.25) is 0 Å². The Morgan fingerprint density at radius 3 is 1.88 bits per heavy atom. The van der Waals surface area contributed by atoms with E-state index in [0.29, 0.717) is 23.5 Å². The minimum atomic E-state index is -0.192. The molecule has 0 amide bonds. The first-order chi connectivity index (χ1) is 29.2. The molecule has 0 N–H and O–H groups in total. The quantitative estimate of drug-likeness (QED) is 0.168. The van der Waals surface area contributed by atoms with E-state index in [0.717, 1.165) is 61.5 Å². The molecule has 10 aromatic rings. The molecule has 0 radical (unpaired) electrons. The highest BCUT2D eigenvalue weighted by atomic mass is 16.3. The molecule has 1 aliphatic heterocycles. The SMILES string of the molecule is C1=CC2c3ccccc3N(c3nc(-c4ccccc4)nc(-c4ccccc4)n3)C2c2c1c1ccccc1n2-c1cc(-c2ccccc2)cc(-c2nc3ccccc3o2)c1. The van der Waals surface area contributed by atoms with Crippen LogP contribution < -0.4 is 4.90 Å². The fraction of sp³-hybridized carbons (Fsp3) is 0.0385. The number of nitrogens with zero attached hydrogens (tertiary/aromatic N) is 6. The third-order valence-electron chi connectivity index (χ3n) is 11.6. The van der Waals surface area contributed by atoms with Gasteiger partial charge in [0.15, 0.2) is 17.2 Å². The van der Waals surface area contributed by atoms with Crippen molar-refractivity contribution in [2.75, 3.05) is 4.90 Å². The Hall–Kier alpha value is -7.90. The van der Waals surface area contributed by atoms with Crippen LogP contribution in [-0.4, -0.2) is 24.5 Å². The molecule has 1 aliphatic carbocycles. The zero-order valence-corrected chi connectivity index (χ0v) is 31.7. The van der Waals surface area contributed by atoms with Gasteiger partial charge in [-0.05, 0) is 59.2 Å². The molecule has 0 spiro atoms. The number of hydrogen-bond donors (Lipinski definition) is 0. The van der Waals surface area contributed by atoms with Crippen molar-refractivity contribution < 1.29 is 4.42 Å². The molecule has 12 rings (SSSR count). The lowest BCUT2D eigenvalue weighted by molar-refractivity contribution is 0.619. The molecular formula is C52H34N6O. The van der Waals surface area contributed by atoms with E-state index in [1.807, 2.05) is 60.7 Å². The molecular weight excluding hydrogens is 725 g/mol. The zero-order valence-electron chi connectivity index (χ0n) is 31.7. The third-order valence-corrected chi connectivity index (χ3v) is 11.6. The van der Waals surface area contributed by atoms with Crippen molar-refractivity contribution in [1.82, 2.24) is 24.5 Å². The second-order valence-corrected chi connectivity index (χ2v) is 15.0. The van der Waals surface area contributed by atoms with Crippen LogP contribution in [0.4, 0.5) is 11.6 Å². The van der Waals surface area contributed by atoms with E-state index < -0.39 is 0 Å². The summed E-state index contributed by atoms with van der Waals surface area (Å²) in [7, 11) is 0. The maximum atomic E-state index is 6.44. The molecule has 7 aromatic carbocycles. The van der Waals surface area contributed by atoms with Gasteiger partial charge in [0, 0.05) is 44.9 Å². The molecule has 2 aliphatic rings. The first kappa shape index (κ1) is 33.3. The van der Waals surface area contributed by atoms with Gasteiger partial charge in [0.1, 0.15) is 5.52 Å². The molecule has 7 nitrogen and oxygen atoms in total. The predicted octanol–water partition coefficient (Wildman–Crippen LogP) is 12.6. The van der Waals surface area contributed by atoms with Crippen LogP contribution in [0.25, 0.3) is 79.1 Å². The average molecular weight is 759 g/mol. The first-order valence-electron chi connectivity index (χ1n) is 19.9. The van der Waals surface area contributed by atoms with Gasteiger partial charge in [0.25, 0.3) is 0 Å². The summed E-state index contributed by atoms with van der Waals surface area (Å²) < 4.78 is 8.88. The van der Waals surface area contributed by atoms with Gasteiger partial charge in [-0.15, -0.1) is 0 Å². The van der Waals surface area contributed by atoms with Crippen LogP contribution in [0.15, 0.2) is 192 Å².